The maximum absolute atomic E-state index is 11.8. The first kappa shape index (κ1) is 29.2. The second-order valence-corrected chi connectivity index (χ2v) is 9.14. The van der Waals surface area contributed by atoms with Crippen molar-refractivity contribution in [1.29, 1.82) is 0 Å². The molecule has 0 saturated heterocycles. The van der Waals surface area contributed by atoms with E-state index in [1.807, 2.05) is 56.3 Å². The number of ketones is 1. The molecule has 0 saturated carbocycles. The molecule has 3 aromatic carbocycles. The third kappa shape index (κ3) is 8.60. The first-order chi connectivity index (χ1) is 18.8. The van der Waals surface area contributed by atoms with Crippen LogP contribution < -0.4 is 9.47 Å². The highest BCUT2D eigenvalue weighted by atomic mass is 16.6. The van der Waals surface area contributed by atoms with E-state index in [1.54, 1.807) is 18.2 Å². The van der Waals surface area contributed by atoms with Gasteiger partial charge in [-0.1, -0.05) is 48.8 Å². The van der Waals surface area contributed by atoms with Gasteiger partial charge >= 0.3 is 5.97 Å². The number of aromatic hydroxyl groups is 1. The fourth-order valence-electron chi connectivity index (χ4n) is 4.06. The Hall–Kier alpha value is -4.33. The number of phenols is 1. The lowest BCUT2D eigenvalue weighted by molar-refractivity contribution is -0.139. The highest BCUT2D eigenvalue weighted by molar-refractivity contribution is 6.02. The predicted octanol–water partition coefficient (Wildman–Crippen LogP) is 5.75. The Kier molecular flexibility index (Phi) is 10.9. The SMILES string of the molecule is CCCc1c(OCCCO/N=C(\Cc2ccccc2)c2ccc(OCC(=O)O)c(C)c2)ccc(C(C)=O)c1O. The quantitative estimate of drug-likeness (QED) is 0.111. The molecule has 3 rings (SSSR count). The molecule has 3 aromatic rings. The Labute approximate surface area is 228 Å². The van der Waals surface area contributed by atoms with Gasteiger partial charge in [0.1, 0.15) is 23.9 Å². The van der Waals surface area contributed by atoms with Crippen molar-refractivity contribution in [3.05, 3.63) is 88.5 Å². The van der Waals surface area contributed by atoms with Gasteiger partial charge in [-0.3, -0.25) is 4.79 Å². The molecule has 0 aliphatic carbocycles. The Bertz CT molecular complexity index is 1300. The van der Waals surface area contributed by atoms with E-state index in [0.717, 1.165) is 28.8 Å². The Balaban J connectivity index is 1.65. The van der Waals surface area contributed by atoms with Gasteiger partial charge in [-0.05, 0) is 61.7 Å². The molecule has 0 fully saturated rings. The summed E-state index contributed by atoms with van der Waals surface area (Å²) in [6, 6.07) is 18.7. The number of carboxylic acids is 1. The van der Waals surface area contributed by atoms with Crippen LogP contribution in [-0.4, -0.2) is 47.5 Å². The van der Waals surface area contributed by atoms with Crippen molar-refractivity contribution in [1.82, 2.24) is 0 Å². The van der Waals surface area contributed by atoms with Crippen LogP contribution in [0.15, 0.2) is 65.8 Å². The average molecular weight is 534 g/mol. The number of hydrogen-bond donors (Lipinski definition) is 2. The molecule has 0 aliphatic rings. The molecule has 0 aromatic heterocycles. The third-order valence-corrected chi connectivity index (χ3v) is 6.01. The molecule has 0 atom stereocenters. The van der Waals surface area contributed by atoms with Crippen LogP contribution in [0.4, 0.5) is 0 Å². The van der Waals surface area contributed by atoms with Crippen LogP contribution in [0.5, 0.6) is 17.2 Å². The molecule has 206 valence electrons. The number of aliphatic carboxylic acids is 1. The number of aryl methyl sites for hydroxylation is 1. The minimum absolute atomic E-state index is 0.0112. The summed E-state index contributed by atoms with van der Waals surface area (Å²) < 4.78 is 11.3. The van der Waals surface area contributed by atoms with Crippen molar-refractivity contribution in [2.24, 2.45) is 5.16 Å². The molecule has 39 heavy (non-hydrogen) atoms. The van der Waals surface area contributed by atoms with Crippen molar-refractivity contribution < 1.29 is 34.1 Å². The summed E-state index contributed by atoms with van der Waals surface area (Å²) >= 11 is 0. The number of rotatable bonds is 15. The standard InChI is InChI=1S/C31H35NO7/c1-4-9-26-29(15-13-25(22(3)33)31(26)36)37-16-8-17-39-32-27(19-23-10-6-5-7-11-23)24-12-14-28(21(2)18-24)38-20-30(34)35/h5-7,10-15,18,36H,4,8-9,16-17,19-20H2,1-3H3,(H,34,35)/b32-27+. The first-order valence-electron chi connectivity index (χ1n) is 13.0. The van der Waals surface area contributed by atoms with Crippen LogP contribution in [0.3, 0.4) is 0 Å². The lowest BCUT2D eigenvalue weighted by Gasteiger charge is -2.14. The maximum Gasteiger partial charge on any atom is 0.341 e. The van der Waals surface area contributed by atoms with Gasteiger partial charge in [0, 0.05) is 24.0 Å². The minimum Gasteiger partial charge on any atom is -0.507 e. The molecule has 0 amide bonds. The average Bonchev–Trinajstić information content (AvgIpc) is 2.91. The van der Waals surface area contributed by atoms with Crippen LogP contribution in [-0.2, 0) is 22.5 Å². The molecule has 8 nitrogen and oxygen atoms in total. The minimum atomic E-state index is -1.03. The number of benzene rings is 3. The predicted molar refractivity (Wildman–Crippen MR) is 149 cm³/mol. The second-order valence-electron chi connectivity index (χ2n) is 9.14. The summed E-state index contributed by atoms with van der Waals surface area (Å²) in [5.74, 6) is -0.167. The van der Waals surface area contributed by atoms with E-state index < -0.39 is 12.6 Å². The first-order valence-corrected chi connectivity index (χ1v) is 13.0. The summed E-state index contributed by atoms with van der Waals surface area (Å²) in [7, 11) is 0. The van der Waals surface area contributed by atoms with E-state index in [2.05, 4.69) is 5.16 Å². The van der Waals surface area contributed by atoms with Crippen molar-refractivity contribution >= 4 is 17.5 Å². The number of phenolic OH excluding ortho intramolecular Hbond substituents is 1. The van der Waals surface area contributed by atoms with Gasteiger partial charge in [0.25, 0.3) is 0 Å². The fraction of sp³-hybridized carbons (Fsp3) is 0.323. The van der Waals surface area contributed by atoms with Crippen molar-refractivity contribution in [3.8, 4) is 17.2 Å². The van der Waals surface area contributed by atoms with Gasteiger partial charge in [-0.25, -0.2) is 4.79 Å². The van der Waals surface area contributed by atoms with Gasteiger partial charge in [0.05, 0.1) is 17.9 Å². The summed E-state index contributed by atoms with van der Waals surface area (Å²) in [5, 5.41) is 23.8. The number of carboxylic acid groups (broad SMARTS) is 1. The number of carbonyl (C=O) groups excluding carboxylic acids is 1. The normalized spacial score (nSPS) is 11.2. The number of nitrogens with zero attached hydrogens (tertiary/aromatic N) is 1. The molecular weight excluding hydrogens is 498 g/mol. The highest BCUT2D eigenvalue weighted by Gasteiger charge is 2.16. The molecule has 2 N–H and O–H groups in total. The van der Waals surface area contributed by atoms with Crippen molar-refractivity contribution in [3.63, 3.8) is 0 Å². The van der Waals surface area contributed by atoms with Gasteiger partial charge in [-0.2, -0.15) is 0 Å². The van der Waals surface area contributed by atoms with Gasteiger partial charge in [0.15, 0.2) is 12.4 Å². The van der Waals surface area contributed by atoms with E-state index in [0.29, 0.717) is 55.1 Å². The summed E-state index contributed by atoms with van der Waals surface area (Å²) in [6.07, 6.45) is 2.52. The molecule has 0 spiro atoms. The Morgan fingerprint density at radius 3 is 2.36 bits per heavy atom. The van der Waals surface area contributed by atoms with Gasteiger partial charge in [0.2, 0.25) is 0 Å². The van der Waals surface area contributed by atoms with E-state index in [4.69, 9.17) is 19.4 Å². The van der Waals surface area contributed by atoms with E-state index in [-0.39, 0.29) is 11.5 Å². The van der Waals surface area contributed by atoms with Crippen LogP contribution in [0.25, 0.3) is 0 Å². The smallest absolute Gasteiger partial charge is 0.341 e. The monoisotopic (exact) mass is 533 g/mol. The van der Waals surface area contributed by atoms with Crippen molar-refractivity contribution in [2.75, 3.05) is 19.8 Å². The van der Waals surface area contributed by atoms with Crippen LogP contribution in [0.2, 0.25) is 0 Å². The number of ether oxygens (including phenoxy) is 2. The molecule has 0 heterocycles. The van der Waals surface area contributed by atoms with Gasteiger partial charge < -0.3 is 24.5 Å². The Morgan fingerprint density at radius 2 is 1.69 bits per heavy atom. The Morgan fingerprint density at radius 1 is 0.949 bits per heavy atom. The zero-order valence-electron chi connectivity index (χ0n) is 22.6. The van der Waals surface area contributed by atoms with Crippen LogP contribution in [0, 0.1) is 6.92 Å². The number of carbonyl (C=O) groups is 2. The van der Waals surface area contributed by atoms with E-state index in [9.17, 15) is 14.7 Å². The van der Waals surface area contributed by atoms with Crippen molar-refractivity contribution in [2.45, 2.75) is 46.5 Å². The summed E-state index contributed by atoms with van der Waals surface area (Å²) in [6.45, 7) is 5.55. The zero-order chi connectivity index (χ0) is 28.2. The number of hydrogen-bond acceptors (Lipinski definition) is 7. The fourth-order valence-corrected chi connectivity index (χ4v) is 4.06. The number of oxime groups is 1. The van der Waals surface area contributed by atoms with E-state index in [1.165, 1.54) is 6.92 Å². The lowest BCUT2D eigenvalue weighted by Crippen LogP contribution is -2.11. The molecule has 8 heteroatoms. The van der Waals surface area contributed by atoms with Gasteiger partial charge in [-0.15, -0.1) is 0 Å². The molecule has 0 aliphatic heterocycles. The summed E-state index contributed by atoms with van der Waals surface area (Å²) in [5.41, 5.74) is 4.38. The maximum atomic E-state index is 11.8. The zero-order valence-corrected chi connectivity index (χ0v) is 22.6. The third-order valence-electron chi connectivity index (χ3n) is 6.01. The molecule has 0 unspecified atom stereocenters. The largest absolute Gasteiger partial charge is 0.507 e. The van der Waals surface area contributed by atoms with Crippen LogP contribution >= 0.6 is 0 Å². The molecular formula is C31H35NO7. The highest BCUT2D eigenvalue weighted by Crippen LogP contribution is 2.33. The summed E-state index contributed by atoms with van der Waals surface area (Å²) in [4.78, 5) is 28.3. The molecule has 0 radical (unpaired) electrons. The van der Waals surface area contributed by atoms with E-state index >= 15 is 0 Å². The number of Topliss-reactive ketones (excluding diaryl/α,β-unsaturated/α-hetero) is 1. The van der Waals surface area contributed by atoms with Crippen LogP contribution in [0.1, 0.15) is 59.3 Å². The second kappa shape index (κ2) is 14.6. The lowest BCUT2D eigenvalue weighted by atomic mass is 10.0. The molecule has 0 bridgehead atoms. The topological polar surface area (TPSA) is 115 Å².